The zero-order valence-corrected chi connectivity index (χ0v) is 20.1. The van der Waals surface area contributed by atoms with Crippen LogP contribution in [0.4, 0.5) is 0 Å². The number of hydrogen-bond donors (Lipinski definition) is 0. The van der Waals surface area contributed by atoms with Crippen molar-refractivity contribution in [1.29, 1.82) is 0 Å². The molecule has 3 heteroatoms. The first-order chi connectivity index (χ1) is 14.8. The molecule has 0 spiro atoms. The molecule has 0 atom stereocenters. The second kappa shape index (κ2) is 12.9. The number of unbranched alkanes of at least 4 members (excludes halogenated alkanes) is 2. The van der Waals surface area contributed by atoms with Gasteiger partial charge in [-0.1, -0.05) is 72.8 Å². The van der Waals surface area contributed by atoms with Crippen molar-refractivity contribution in [3.05, 3.63) is 105 Å². The summed E-state index contributed by atoms with van der Waals surface area (Å²) in [6, 6.07) is 30.2. The fourth-order valence-corrected chi connectivity index (χ4v) is 4.09. The van der Waals surface area contributed by atoms with E-state index in [4.69, 9.17) is 16.3 Å². The fourth-order valence-electron chi connectivity index (χ4n) is 3.54. The van der Waals surface area contributed by atoms with Gasteiger partial charge in [0.25, 0.3) is 0 Å². The summed E-state index contributed by atoms with van der Waals surface area (Å²) in [6.45, 7) is 1.51. The van der Waals surface area contributed by atoms with Crippen LogP contribution in [0.3, 0.4) is 0 Å². The second-order valence-corrected chi connectivity index (χ2v) is 8.83. The van der Waals surface area contributed by atoms with E-state index in [0.29, 0.717) is 6.61 Å². The Labute approximate surface area is 199 Å². The van der Waals surface area contributed by atoms with Crippen LogP contribution in [0.1, 0.15) is 42.4 Å². The molecule has 3 aromatic rings. The molecule has 3 rings (SSSR count). The van der Waals surface area contributed by atoms with E-state index in [1.165, 1.54) is 31.4 Å². The highest BCUT2D eigenvalue weighted by Gasteiger charge is 2.14. The Hall–Kier alpha value is -1.62. The molecule has 0 bridgehead atoms. The summed E-state index contributed by atoms with van der Waals surface area (Å²) in [6.07, 6.45) is 4.13. The molecule has 0 amide bonds. The SMILES string of the molecule is ClCCCCCOCCC(=C(c1ccccc1)c1ccc(I)cc1)c1ccccc1. The first-order valence-corrected chi connectivity index (χ1v) is 12.1. The third-order valence-corrected chi connectivity index (χ3v) is 6.02. The van der Waals surface area contributed by atoms with E-state index in [1.54, 1.807) is 0 Å². The Morgan fingerprint density at radius 3 is 1.90 bits per heavy atom. The Morgan fingerprint density at radius 1 is 0.667 bits per heavy atom. The zero-order chi connectivity index (χ0) is 21.0. The van der Waals surface area contributed by atoms with Gasteiger partial charge in [-0.2, -0.15) is 0 Å². The van der Waals surface area contributed by atoms with Crippen LogP contribution in [0.5, 0.6) is 0 Å². The lowest BCUT2D eigenvalue weighted by Crippen LogP contribution is -2.02. The largest absolute Gasteiger partial charge is 0.381 e. The summed E-state index contributed by atoms with van der Waals surface area (Å²) in [4.78, 5) is 0. The standard InChI is InChI=1S/C27H28ClIO/c28-19-8-3-9-20-30-21-18-26(22-10-4-1-5-11-22)27(23-12-6-2-7-13-23)24-14-16-25(29)17-15-24/h1-2,4-7,10-17H,3,8-9,18-21H2. The highest BCUT2D eigenvalue weighted by Crippen LogP contribution is 2.34. The Kier molecular flexibility index (Phi) is 9.94. The van der Waals surface area contributed by atoms with Gasteiger partial charge >= 0.3 is 0 Å². The van der Waals surface area contributed by atoms with E-state index in [2.05, 4.69) is 108 Å². The minimum absolute atomic E-state index is 0.714. The van der Waals surface area contributed by atoms with Gasteiger partial charge in [-0.15, -0.1) is 11.6 Å². The first kappa shape index (κ1) is 23.1. The number of rotatable bonds is 11. The van der Waals surface area contributed by atoms with Crippen molar-refractivity contribution in [3.8, 4) is 0 Å². The van der Waals surface area contributed by atoms with Crippen molar-refractivity contribution in [3.63, 3.8) is 0 Å². The maximum atomic E-state index is 5.99. The average molecular weight is 531 g/mol. The summed E-state index contributed by atoms with van der Waals surface area (Å²) >= 11 is 8.12. The Balaban J connectivity index is 1.94. The highest BCUT2D eigenvalue weighted by atomic mass is 127. The third kappa shape index (κ3) is 6.97. The van der Waals surface area contributed by atoms with Gasteiger partial charge in [0.15, 0.2) is 0 Å². The van der Waals surface area contributed by atoms with Gasteiger partial charge in [-0.3, -0.25) is 0 Å². The van der Waals surface area contributed by atoms with E-state index in [9.17, 15) is 0 Å². The van der Waals surface area contributed by atoms with Crippen LogP contribution in [0.2, 0.25) is 0 Å². The molecule has 30 heavy (non-hydrogen) atoms. The van der Waals surface area contributed by atoms with E-state index < -0.39 is 0 Å². The van der Waals surface area contributed by atoms with Crippen LogP contribution in [0.25, 0.3) is 11.1 Å². The van der Waals surface area contributed by atoms with Gasteiger partial charge < -0.3 is 4.74 Å². The molecule has 0 unspecified atom stereocenters. The maximum absolute atomic E-state index is 5.99. The molecule has 156 valence electrons. The van der Waals surface area contributed by atoms with Crippen LogP contribution in [-0.2, 0) is 4.74 Å². The highest BCUT2D eigenvalue weighted by molar-refractivity contribution is 14.1. The van der Waals surface area contributed by atoms with Crippen molar-refractivity contribution in [2.75, 3.05) is 19.1 Å². The van der Waals surface area contributed by atoms with Gasteiger partial charge in [-0.05, 0) is 88.2 Å². The molecular weight excluding hydrogens is 503 g/mol. The molecule has 0 saturated carbocycles. The van der Waals surface area contributed by atoms with Crippen LogP contribution < -0.4 is 0 Å². The lowest BCUT2D eigenvalue weighted by atomic mass is 9.88. The summed E-state index contributed by atoms with van der Waals surface area (Å²) in [5, 5.41) is 0. The molecule has 0 aliphatic rings. The maximum Gasteiger partial charge on any atom is 0.0506 e. The van der Waals surface area contributed by atoms with Crippen LogP contribution >= 0.6 is 34.2 Å². The van der Waals surface area contributed by atoms with Crippen LogP contribution in [0.15, 0.2) is 84.9 Å². The zero-order valence-electron chi connectivity index (χ0n) is 17.2. The van der Waals surface area contributed by atoms with Gasteiger partial charge in [0.05, 0.1) is 6.61 Å². The minimum Gasteiger partial charge on any atom is -0.381 e. The van der Waals surface area contributed by atoms with Crippen LogP contribution in [0, 0.1) is 3.57 Å². The predicted molar refractivity (Wildman–Crippen MR) is 138 cm³/mol. The molecule has 3 aromatic carbocycles. The number of benzene rings is 3. The fraction of sp³-hybridized carbons (Fsp3) is 0.259. The van der Waals surface area contributed by atoms with E-state index in [-0.39, 0.29) is 0 Å². The lowest BCUT2D eigenvalue weighted by molar-refractivity contribution is 0.136. The third-order valence-electron chi connectivity index (χ3n) is 5.04. The molecule has 0 saturated heterocycles. The van der Waals surface area contributed by atoms with Gasteiger partial charge in [-0.25, -0.2) is 0 Å². The molecule has 0 heterocycles. The lowest BCUT2D eigenvalue weighted by Gasteiger charge is -2.18. The molecule has 0 aromatic heterocycles. The Bertz CT molecular complexity index is 905. The Morgan fingerprint density at radius 2 is 1.27 bits per heavy atom. The van der Waals surface area contributed by atoms with Crippen LogP contribution in [-0.4, -0.2) is 19.1 Å². The number of alkyl halides is 1. The molecule has 0 N–H and O–H groups in total. The topological polar surface area (TPSA) is 9.23 Å². The van der Waals surface area contributed by atoms with Gasteiger partial charge in [0.1, 0.15) is 0 Å². The summed E-state index contributed by atoms with van der Waals surface area (Å²) < 4.78 is 7.24. The molecule has 1 nitrogen and oxygen atoms in total. The monoisotopic (exact) mass is 530 g/mol. The van der Waals surface area contributed by atoms with E-state index in [1.807, 2.05) is 0 Å². The average Bonchev–Trinajstić information content (AvgIpc) is 2.80. The van der Waals surface area contributed by atoms with E-state index >= 15 is 0 Å². The van der Waals surface area contributed by atoms with Gasteiger partial charge in [0.2, 0.25) is 0 Å². The number of hydrogen-bond acceptors (Lipinski definition) is 1. The summed E-state index contributed by atoms with van der Waals surface area (Å²) in [5.41, 5.74) is 6.33. The van der Waals surface area contributed by atoms with Gasteiger partial charge in [0, 0.05) is 16.1 Å². The second-order valence-electron chi connectivity index (χ2n) is 7.20. The van der Waals surface area contributed by atoms with Crippen molar-refractivity contribution >= 4 is 45.3 Å². The first-order valence-electron chi connectivity index (χ1n) is 10.5. The number of ether oxygens (including phenoxy) is 1. The summed E-state index contributed by atoms with van der Waals surface area (Å²) in [7, 11) is 0. The molecule has 0 radical (unpaired) electrons. The summed E-state index contributed by atoms with van der Waals surface area (Å²) in [5.74, 6) is 0.733. The van der Waals surface area contributed by atoms with Crippen molar-refractivity contribution < 1.29 is 4.74 Å². The number of halogens is 2. The van der Waals surface area contributed by atoms with Crippen molar-refractivity contribution in [1.82, 2.24) is 0 Å². The van der Waals surface area contributed by atoms with E-state index in [0.717, 1.165) is 38.2 Å². The normalized spacial score (nSPS) is 11.9. The predicted octanol–water partition coefficient (Wildman–Crippen LogP) is 8.07. The quantitative estimate of drug-likeness (QED) is 0.105. The molecule has 0 fully saturated rings. The molecule has 0 aliphatic carbocycles. The molecular formula is C27H28ClIO. The van der Waals surface area contributed by atoms with Crippen molar-refractivity contribution in [2.45, 2.75) is 25.7 Å². The van der Waals surface area contributed by atoms with Crippen molar-refractivity contribution in [2.24, 2.45) is 0 Å². The smallest absolute Gasteiger partial charge is 0.0506 e. The molecule has 0 aliphatic heterocycles. The minimum atomic E-state index is 0.714.